The average molecular weight is 252 g/mol. The molecule has 7 heteroatoms. The Kier molecular flexibility index (Phi) is 7.00. The summed E-state index contributed by atoms with van der Waals surface area (Å²) in [5, 5.41) is 4.30. The molecule has 2 N–H and O–H groups in total. The number of carbonyl (C=O) groups is 2. The Labute approximate surface area is 97.3 Å². The Balaban J connectivity index is 3.39. The Morgan fingerprint density at radius 3 is 2.06 bits per heavy atom. The van der Waals surface area contributed by atoms with Crippen LogP contribution < -0.4 is 10.6 Å². The third kappa shape index (κ3) is 8.29. The smallest absolute Gasteiger partial charge is 0.353 e. The van der Waals surface area contributed by atoms with Gasteiger partial charge in [0.1, 0.15) is 0 Å². The lowest BCUT2D eigenvalue weighted by Crippen LogP contribution is -2.37. The highest BCUT2D eigenvalue weighted by Crippen LogP contribution is 2.13. The van der Waals surface area contributed by atoms with E-state index >= 15 is 0 Å². The molecule has 0 atom stereocenters. The number of nitrogens with one attached hydrogen (secondary N) is 2. The van der Waals surface area contributed by atoms with Crippen LogP contribution in [0.15, 0.2) is 12.7 Å². The Morgan fingerprint density at radius 2 is 1.59 bits per heavy atom. The normalized spacial score (nSPS) is 10.8. The van der Waals surface area contributed by atoms with Gasteiger partial charge in [-0.15, -0.1) is 0 Å². The first-order chi connectivity index (χ1) is 7.88. The highest BCUT2D eigenvalue weighted by molar-refractivity contribution is 5.86. The molecule has 17 heavy (non-hydrogen) atoms. The second kappa shape index (κ2) is 7.70. The van der Waals surface area contributed by atoms with Gasteiger partial charge in [-0.25, -0.2) is 0 Å². The number of rotatable bonds is 7. The van der Waals surface area contributed by atoms with Gasteiger partial charge in [0.15, 0.2) is 0 Å². The average Bonchev–Trinajstić information content (AvgIpc) is 2.25. The molecule has 0 aromatic heterocycles. The molecule has 0 saturated carbocycles. The standard InChI is InChI=1S/C10H15F3N2O2/c1-2-8(16)14-6-4-3-5-7-15-9(17)10(11,12)13/h2H,1,3-7H2,(H,14,16)(H,15,17). The van der Waals surface area contributed by atoms with Crippen molar-refractivity contribution in [3.63, 3.8) is 0 Å². The molecule has 0 spiro atoms. The summed E-state index contributed by atoms with van der Waals surface area (Å²) >= 11 is 0. The summed E-state index contributed by atoms with van der Waals surface area (Å²) in [6.45, 7) is 3.69. The lowest BCUT2D eigenvalue weighted by atomic mass is 10.2. The van der Waals surface area contributed by atoms with E-state index in [1.165, 1.54) is 0 Å². The minimum absolute atomic E-state index is 0.0201. The molecule has 4 nitrogen and oxygen atoms in total. The van der Waals surface area contributed by atoms with E-state index in [4.69, 9.17) is 0 Å². The summed E-state index contributed by atoms with van der Waals surface area (Å²) in [5.74, 6) is -2.20. The quantitative estimate of drug-likeness (QED) is 0.527. The van der Waals surface area contributed by atoms with E-state index < -0.39 is 12.1 Å². The zero-order chi connectivity index (χ0) is 13.3. The van der Waals surface area contributed by atoms with Crippen molar-refractivity contribution in [2.45, 2.75) is 25.4 Å². The molecule has 0 rings (SSSR count). The van der Waals surface area contributed by atoms with E-state index in [9.17, 15) is 22.8 Å². The second-order valence-corrected chi connectivity index (χ2v) is 3.31. The van der Waals surface area contributed by atoms with Crippen molar-refractivity contribution >= 4 is 11.8 Å². The number of amides is 2. The SMILES string of the molecule is C=CC(=O)NCCCCCNC(=O)C(F)(F)F. The molecule has 0 unspecified atom stereocenters. The van der Waals surface area contributed by atoms with Crippen LogP contribution in [0.2, 0.25) is 0 Å². The van der Waals surface area contributed by atoms with Gasteiger partial charge in [-0.1, -0.05) is 6.58 Å². The van der Waals surface area contributed by atoms with Crippen molar-refractivity contribution in [3.8, 4) is 0 Å². The monoisotopic (exact) mass is 252 g/mol. The second-order valence-electron chi connectivity index (χ2n) is 3.31. The van der Waals surface area contributed by atoms with E-state index in [2.05, 4.69) is 11.9 Å². The Morgan fingerprint density at radius 1 is 1.06 bits per heavy atom. The molecule has 0 fully saturated rings. The summed E-state index contributed by atoms with van der Waals surface area (Å²) in [5.41, 5.74) is 0. The van der Waals surface area contributed by atoms with Crippen molar-refractivity contribution < 1.29 is 22.8 Å². The molecule has 0 aliphatic carbocycles. The molecule has 0 bridgehead atoms. The lowest BCUT2D eigenvalue weighted by molar-refractivity contribution is -0.173. The van der Waals surface area contributed by atoms with Crippen LogP contribution in [0.3, 0.4) is 0 Å². The van der Waals surface area contributed by atoms with Gasteiger partial charge in [-0.3, -0.25) is 9.59 Å². The molecule has 0 aliphatic heterocycles. The number of carbonyl (C=O) groups excluding carboxylic acids is 2. The van der Waals surface area contributed by atoms with Gasteiger partial charge >= 0.3 is 12.1 Å². The van der Waals surface area contributed by atoms with Crippen molar-refractivity contribution in [1.29, 1.82) is 0 Å². The maximum atomic E-state index is 11.7. The molecule has 0 aromatic carbocycles. The highest BCUT2D eigenvalue weighted by atomic mass is 19.4. The first-order valence-corrected chi connectivity index (χ1v) is 5.13. The van der Waals surface area contributed by atoms with Crippen molar-refractivity contribution in [2.75, 3.05) is 13.1 Å². The van der Waals surface area contributed by atoms with E-state index in [1.54, 1.807) is 5.32 Å². The summed E-state index contributed by atoms with van der Waals surface area (Å²) in [4.78, 5) is 21.1. The summed E-state index contributed by atoms with van der Waals surface area (Å²) < 4.78 is 35.2. The van der Waals surface area contributed by atoms with Crippen molar-refractivity contribution in [2.24, 2.45) is 0 Å². The lowest BCUT2D eigenvalue weighted by Gasteiger charge is -2.07. The summed E-state index contributed by atoms with van der Waals surface area (Å²) in [7, 11) is 0. The van der Waals surface area contributed by atoms with Gasteiger partial charge in [0.25, 0.3) is 0 Å². The molecule has 98 valence electrons. The van der Waals surface area contributed by atoms with Crippen molar-refractivity contribution in [3.05, 3.63) is 12.7 Å². The van der Waals surface area contributed by atoms with Crippen LogP contribution in [0.1, 0.15) is 19.3 Å². The largest absolute Gasteiger partial charge is 0.471 e. The first-order valence-electron chi connectivity index (χ1n) is 5.13. The minimum Gasteiger partial charge on any atom is -0.353 e. The number of halogens is 3. The third-order valence-electron chi connectivity index (χ3n) is 1.88. The Bertz CT molecular complexity index is 277. The molecule has 0 radical (unpaired) electrons. The summed E-state index contributed by atoms with van der Waals surface area (Å²) in [6.07, 6.45) is -1.98. The van der Waals surface area contributed by atoms with E-state index in [-0.39, 0.29) is 12.5 Å². The van der Waals surface area contributed by atoms with Crippen LogP contribution in [0.4, 0.5) is 13.2 Å². The fourth-order valence-electron chi connectivity index (χ4n) is 1.01. The van der Waals surface area contributed by atoms with Crippen LogP contribution in [0, 0.1) is 0 Å². The zero-order valence-electron chi connectivity index (χ0n) is 9.27. The van der Waals surface area contributed by atoms with Crippen LogP contribution in [-0.2, 0) is 9.59 Å². The number of hydrogen-bond donors (Lipinski definition) is 2. The van der Waals surface area contributed by atoms with Crippen LogP contribution in [0.5, 0.6) is 0 Å². The predicted octanol–water partition coefficient (Wildman–Crippen LogP) is 1.14. The number of alkyl halides is 3. The fourth-order valence-corrected chi connectivity index (χ4v) is 1.01. The highest BCUT2D eigenvalue weighted by Gasteiger charge is 2.38. The van der Waals surface area contributed by atoms with Gasteiger partial charge < -0.3 is 10.6 Å². The van der Waals surface area contributed by atoms with Crippen LogP contribution in [-0.4, -0.2) is 31.1 Å². The van der Waals surface area contributed by atoms with E-state index in [1.807, 2.05) is 0 Å². The van der Waals surface area contributed by atoms with E-state index in [0.29, 0.717) is 25.8 Å². The van der Waals surface area contributed by atoms with Gasteiger partial charge in [-0.2, -0.15) is 13.2 Å². The van der Waals surface area contributed by atoms with Crippen molar-refractivity contribution in [1.82, 2.24) is 10.6 Å². The number of unbranched alkanes of at least 4 members (excludes halogenated alkanes) is 2. The maximum Gasteiger partial charge on any atom is 0.471 e. The molecule has 0 saturated heterocycles. The number of hydrogen-bond acceptors (Lipinski definition) is 2. The van der Waals surface area contributed by atoms with Crippen LogP contribution >= 0.6 is 0 Å². The minimum atomic E-state index is -4.82. The molecule has 0 heterocycles. The third-order valence-corrected chi connectivity index (χ3v) is 1.88. The van der Waals surface area contributed by atoms with Gasteiger partial charge in [-0.05, 0) is 25.3 Å². The molecular formula is C10H15F3N2O2. The van der Waals surface area contributed by atoms with Crippen LogP contribution in [0.25, 0.3) is 0 Å². The first kappa shape index (κ1) is 15.5. The van der Waals surface area contributed by atoms with Gasteiger partial charge in [0, 0.05) is 13.1 Å². The van der Waals surface area contributed by atoms with Gasteiger partial charge in [0.2, 0.25) is 5.91 Å². The Hall–Kier alpha value is -1.53. The fraction of sp³-hybridized carbons (Fsp3) is 0.600. The summed E-state index contributed by atoms with van der Waals surface area (Å²) in [6, 6.07) is 0. The topological polar surface area (TPSA) is 58.2 Å². The predicted molar refractivity (Wildman–Crippen MR) is 56.1 cm³/mol. The molecular weight excluding hydrogens is 237 g/mol. The molecule has 0 aromatic rings. The van der Waals surface area contributed by atoms with E-state index in [0.717, 1.165) is 6.08 Å². The van der Waals surface area contributed by atoms with Gasteiger partial charge in [0.05, 0.1) is 0 Å². The zero-order valence-corrected chi connectivity index (χ0v) is 9.27. The maximum absolute atomic E-state index is 11.7. The molecule has 2 amide bonds. The molecule has 0 aliphatic rings.